The van der Waals surface area contributed by atoms with Crippen molar-refractivity contribution in [1.29, 1.82) is 0 Å². The van der Waals surface area contributed by atoms with E-state index in [2.05, 4.69) is 14.9 Å². The van der Waals surface area contributed by atoms with Crippen LogP contribution in [0.3, 0.4) is 0 Å². The number of ether oxygens (including phenoxy) is 2. The fraction of sp³-hybridized carbons (Fsp3) is 0.444. The van der Waals surface area contributed by atoms with Crippen LogP contribution in [0.1, 0.15) is 35.8 Å². The monoisotopic (exact) mass is 327 g/mol. The molecule has 2 aliphatic rings. The quantitative estimate of drug-likeness (QED) is 0.914. The molecular formula is C18H21N3O3. The van der Waals surface area contributed by atoms with E-state index in [0.717, 1.165) is 25.0 Å². The molecule has 0 bridgehead atoms. The van der Waals surface area contributed by atoms with Crippen molar-refractivity contribution in [3.63, 3.8) is 0 Å². The van der Waals surface area contributed by atoms with Crippen molar-refractivity contribution >= 4 is 5.91 Å². The van der Waals surface area contributed by atoms with E-state index >= 15 is 0 Å². The molecule has 1 saturated carbocycles. The summed E-state index contributed by atoms with van der Waals surface area (Å²) in [6.45, 7) is 1.07. The summed E-state index contributed by atoms with van der Waals surface area (Å²) < 4.78 is 13.5. The molecule has 2 atom stereocenters. The number of rotatable bonds is 5. The summed E-state index contributed by atoms with van der Waals surface area (Å²) in [5, 5.41) is 3.12. The predicted molar refractivity (Wildman–Crippen MR) is 88.0 cm³/mol. The van der Waals surface area contributed by atoms with Crippen LogP contribution in [0.4, 0.5) is 0 Å². The van der Waals surface area contributed by atoms with E-state index in [1.54, 1.807) is 6.20 Å². The van der Waals surface area contributed by atoms with Crippen LogP contribution < -0.4 is 10.1 Å². The highest BCUT2D eigenvalue weighted by Gasteiger charge is 2.32. The van der Waals surface area contributed by atoms with Crippen molar-refractivity contribution in [3.05, 3.63) is 48.4 Å². The number of carbonyl (C=O) groups excluding carboxylic acids is 1. The predicted octanol–water partition coefficient (Wildman–Crippen LogP) is 2.18. The Morgan fingerprint density at radius 3 is 2.96 bits per heavy atom. The highest BCUT2D eigenvalue weighted by Crippen LogP contribution is 2.36. The maximum atomic E-state index is 12.7. The van der Waals surface area contributed by atoms with E-state index < -0.39 is 0 Å². The molecule has 6 nitrogen and oxygen atoms in total. The third kappa shape index (κ3) is 3.28. The average molecular weight is 327 g/mol. The van der Waals surface area contributed by atoms with Gasteiger partial charge in [-0.15, -0.1) is 0 Å². The van der Waals surface area contributed by atoms with E-state index in [4.69, 9.17) is 9.47 Å². The Morgan fingerprint density at radius 1 is 1.25 bits per heavy atom. The SMILES string of the molecule is O=C(N[C@@H]1CCOC[C@H]1Oc1ccccn1)c1cccn1C1CC1. The topological polar surface area (TPSA) is 65.4 Å². The van der Waals surface area contributed by atoms with Gasteiger partial charge in [-0.05, 0) is 37.5 Å². The molecule has 0 unspecified atom stereocenters. The molecule has 0 spiro atoms. The molecule has 6 heteroatoms. The molecule has 0 aromatic carbocycles. The van der Waals surface area contributed by atoms with Crippen LogP contribution in [0.5, 0.6) is 5.88 Å². The lowest BCUT2D eigenvalue weighted by Crippen LogP contribution is -2.51. The molecule has 4 rings (SSSR count). The van der Waals surface area contributed by atoms with Gasteiger partial charge in [-0.25, -0.2) is 4.98 Å². The Kier molecular flexibility index (Phi) is 4.21. The fourth-order valence-corrected chi connectivity index (χ4v) is 3.06. The molecule has 3 heterocycles. The van der Waals surface area contributed by atoms with Crippen molar-refractivity contribution < 1.29 is 14.3 Å². The first kappa shape index (κ1) is 15.2. The maximum absolute atomic E-state index is 12.7. The molecular weight excluding hydrogens is 306 g/mol. The second-order valence-corrected chi connectivity index (χ2v) is 6.30. The minimum Gasteiger partial charge on any atom is -0.470 e. The minimum absolute atomic E-state index is 0.0478. The first-order chi connectivity index (χ1) is 11.8. The van der Waals surface area contributed by atoms with Crippen molar-refractivity contribution in [2.24, 2.45) is 0 Å². The first-order valence-electron chi connectivity index (χ1n) is 8.44. The molecule has 1 saturated heterocycles. The van der Waals surface area contributed by atoms with Gasteiger partial charge in [0.15, 0.2) is 0 Å². The van der Waals surface area contributed by atoms with E-state index in [1.807, 2.05) is 36.5 Å². The first-order valence-corrected chi connectivity index (χ1v) is 8.44. The number of nitrogens with one attached hydrogen (secondary N) is 1. The fourth-order valence-electron chi connectivity index (χ4n) is 3.06. The zero-order valence-corrected chi connectivity index (χ0v) is 13.4. The van der Waals surface area contributed by atoms with Gasteiger partial charge in [0.2, 0.25) is 5.88 Å². The van der Waals surface area contributed by atoms with Crippen molar-refractivity contribution in [2.75, 3.05) is 13.2 Å². The highest BCUT2D eigenvalue weighted by molar-refractivity contribution is 5.93. The summed E-state index contributed by atoms with van der Waals surface area (Å²) in [5.41, 5.74) is 0.723. The van der Waals surface area contributed by atoms with Crippen LogP contribution in [0.15, 0.2) is 42.7 Å². The molecule has 1 amide bonds. The van der Waals surface area contributed by atoms with Crippen molar-refractivity contribution in [3.8, 4) is 5.88 Å². The second kappa shape index (κ2) is 6.65. The lowest BCUT2D eigenvalue weighted by Gasteiger charge is -2.32. The molecule has 1 aliphatic carbocycles. The Bertz CT molecular complexity index is 697. The largest absolute Gasteiger partial charge is 0.470 e. The van der Waals surface area contributed by atoms with Gasteiger partial charge in [0, 0.05) is 31.1 Å². The van der Waals surface area contributed by atoms with Gasteiger partial charge in [-0.2, -0.15) is 0 Å². The van der Waals surface area contributed by atoms with Crippen LogP contribution in [0.2, 0.25) is 0 Å². The number of aromatic nitrogens is 2. The van der Waals surface area contributed by atoms with Gasteiger partial charge in [0.05, 0.1) is 12.6 Å². The average Bonchev–Trinajstić information content (AvgIpc) is 3.34. The van der Waals surface area contributed by atoms with Gasteiger partial charge in [0.25, 0.3) is 5.91 Å². The standard InChI is InChI=1S/C18H21N3O3/c22-18(15-4-3-10-21(15)13-6-7-13)20-14-8-11-23-12-16(14)24-17-5-1-2-9-19-17/h1-5,9-10,13-14,16H,6-8,11-12H2,(H,20,22)/t14-,16-/m1/s1. The van der Waals surface area contributed by atoms with E-state index in [1.165, 1.54) is 0 Å². The third-order valence-corrected chi connectivity index (χ3v) is 4.48. The van der Waals surface area contributed by atoms with Crippen LogP contribution in [0, 0.1) is 0 Å². The van der Waals surface area contributed by atoms with Crippen molar-refractivity contribution in [2.45, 2.75) is 37.5 Å². The van der Waals surface area contributed by atoms with Gasteiger partial charge in [-0.3, -0.25) is 4.79 Å². The highest BCUT2D eigenvalue weighted by atomic mass is 16.5. The van der Waals surface area contributed by atoms with Crippen LogP contribution >= 0.6 is 0 Å². The number of hydrogen-bond acceptors (Lipinski definition) is 4. The van der Waals surface area contributed by atoms with Crippen LogP contribution in [-0.2, 0) is 4.74 Å². The van der Waals surface area contributed by atoms with Gasteiger partial charge in [0.1, 0.15) is 11.8 Å². The Balaban J connectivity index is 1.44. The molecule has 1 N–H and O–H groups in total. The van der Waals surface area contributed by atoms with Crippen LogP contribution in [-0.4, -0.2) is 40.8 Å². The van der Waals surface area contributed by atoms with Crippen molar-refractivity contribution in [1.82, 2.24) is 14.9 Å². The lowest BCUT2D eigenvalue weighted by atomic mass is 10.1. The van der Waals surface area contributed by atoms with Crippen LogP contribution in [0.25, 0.3) is 0 Å². The van der Waals surface area contributed by atoms with E-state index in [0.29, 0.717) is 25.1 Å². The molecule has 126 valence electrons. The normalized spacial score (nSPS) is 23.7. The summed E-state index contributed by atoms with van der Waals surface area (Å²) in [5.74, 6) is 0.502. The number of hydrogen-bond donors (Lipinski definition) is 1. The Labute approximate surface area is 140 Å². The Morgan fingerprint density at radius 2 is 2.17 bits per heavy atom. The minimum atomic E-state index is -0.234. The Hall–Kier alpha value is -2.34. The number of amides is 1. The lowest BCUT2D eigenvalue weighted by molar-refractivity contribution is -0.0153. The molecule has 1 aliphatic heterocycles. The number of pyridine rings is 1. The summed E-state index contributed by atoms with van der Waals surface area (Å²) in [6, 6.07) is 9.73. The second-order valence-electron chi connectivity index (χ2n) is 6.30. The zero-order chi connectivity index (χ0) is 16.4. The molecule has 2 fully saturated rings. The molecule has 0 radical (unpaired) electrons. The third-order valence-electron chi connectivity index (χ3n) is 4.48. The summed E-state index contributed by atoms with van der Waals surface area (Å²) >= 11 is 0. The smallest absolute Gasteiger partial charge is 0.268 e. The van der Waals surface area contributed by atoms with Gasteiger partial charge < -0.3 is 19.4 Å². The van der Waals surface area contributed by atoms with Gasteiger partial charge >= 0.3 is 0 Å². The van der Waals surface area contributed by atoms with Gasteiger partial charge in [-0.1, -0.05) is 6.07 Å². The molecule has 2 aromatic rings. The number of nitrogens with zero attached hydrogens (tertiary/aromatic N) is 2. The summed E-state index contributed by atoms with van der Waals surface area (Å²) in [7, 11) is 0. The zero-order valence-electron chi connectivity index (χ0n) is 13.4. The van der Waals surface area contributed by atoms with E-state index in [-0.39, 0.29) is 18.1 Å². The molecule has 2 aromatic heterocycles. The van der Waals surface area contributed by atoms with E-state index in [9.17, 15) is 4.79 Å². The molecule has 24 heavy (non-hydrogen) atoms. The number of carbonyl (C=O) groups is 1. The summed E-state index contributed by atoms with van der Waals surface area (Å²) in [6.07, 6.45) is 6.47. The maximum Gasteiger partial charge on any atom is 0.268 e. The summed E-state index contributed by atoms with van der Waals surface area (Å²) in [4.78, 5) is 16.9.